The summed E-state index contributed by atoms with van der Waals surface area (Å²) < 4.78 is 31.4. The summed E-state index contributed by atoms with van der Waals surface area (Å²) in [6, 6.07) is 0. The largest absolute Gasteiger partial charge is 0.747 e. The van der Waals surface area contributed by atoms with Gasteiger partial charge in [-0.25, -0.2) is 8.42 Å². The highest BCUT2D eigenvalue weighted by Crippen LogP contribution is 2.46. The van der Waals surface area contributed by atoms with Gasteiger partial charge in [0.2, 0.25) is 0 Å². The topological polar surface area (TPSA) is 57.2 Å². The van der Waals surface area contributed by atoms with Crippen molar-refractivity contribution in [2.75, 3.05) is 0 Å². The van der Waals surface area contributed by atoms with Crippen molar-refractivity contribution in [3.63, 3.8) is 0 Å². The average Bonchev–Trinajstić information content (AvgIpc) is 2.42. The van der Waals surface area contributed by atoms with Gasteiger partial charge in [0, 0.05) is 0 Å². The van der Waals surface area contributed by atoms with E-state index in [2.05, 4.69) is 0 Å². The SMILES string of the molecule is O=S(=O)([O-])C12C=CC(CC1)C2. The van der Waals surface area contributed by atoms with Crippen molar-refractivity contribution in [2.45, 2.75) is 24.0 Å². The lowest BCUT2D eigenvalue weighted by molar-refractivity contribution is 0.430. The van der Waals surface area contributed by atoms with Gasteiger partial charge in [-0.2, -0.15) is 0 Å². The molecule has 0 aliphatic heterocycles. The highest BCUT2D eigenvalue weighted by molar-refractivity contribution is 7.87. The molecule has 2 bridgehead atoms. The van der Waals surface area contributed by atoms with E-state index in [1.165, 1.54) is 0 Å². The Bertz CT molecular complexity index is 304. The van der Waals surface area contributed by atoms with Crippen LogP contribution in [-0.4, -0.2) is 17.7 Å². The van der Waals surface area contributed by atoms with Crippen LogP contribution >= 0.6 is 0 Å². The quantitative estimate of drug-likeness (QED) is 0.432. The summed E-state index contributed by atoms with van der Waals surface area (Å²) in [4.78, 5) is 0. The van der Waals surface area contributed by atoms with Crippen LogP contribution < -0.4 is 0 Å². The Morgan fingerprint density at radius 2 is 2.27 bits per heavy atom. The Hall–Kier alpha value is -0.350. The Morgan fingerprint density at radius 3 is 2.45 bits per heavy atom. The van der Waals surface area contributed by atoms with Crippen LogP contribution in [0.15, 0.2) is 12.2 Å². The number of hydrogen-bond donors (Lipinski definition) is 0. The van der Waals surface area contributed by atoms with Gasteiger partial charge >= 0.3 is 0 Å². The maximum Gasteiger partial charge on any atom is 0.104 e. The molecule has 0 aromatic heterocycles. The third-order valence-electron chi connectivity index (χ3n) is 2.72. The fourth-order valence-corrected chi connectivity index (χ4v) is 3.05. The van der Waals surface area contributed by atoms with E-state index < -0.39 is 14.9 Å². The molecule has 0 aromatic rings. The Morgan fingerprint density at radius 1 is 1.55 bits per heavy atom. The molecule has 0 amide bonds. The minimum atomic E-state index is -4.11. The van der Waals surface area contributed by atoms with Gasteiger partial charge in [-0.3, -0.25) is 0 Å². The summed E-state index contributed by atoms with van der Waals surface area (Å²) in [5, 5.41) is 0. The molecule has 0 heterocycles. The molecule has 11 heavy (non-hydrogen) atoms. The van der Waals surface area contributed by atoms with Crippen molar-refractivity contribution in [1.82, 2.24) is 0 Å². The molecule has 2 unspecified atom stereocenters. The molecule has 62 valence electrons. The molecule has 2 rings (SSSR count). The zero-order valence-electron chi connectivity index (χ0n) is 5.99. The molecule has 0 N–H and O–H groups in total. The molecular weight excluding hydrogens is 164 g/mol. The summed E-state index contributed by atoms with van der Waals surface area (Å²) >= 11 is 0. The van der Waals surface area contributed by atoms with E-state index in [-0.39, 0.29) is 0 Å². The van der Waals surface area contributed by atoms with Crippen LogP contribution in [0.5, 0.6) is 0 Å². The first-order valence-corrected chi connectivity index (χ1v) is 5.09. The monoisotopic (exact) mass is 173 g/mol. The van der Waals surface area contributed by atoms with Crippen molar-refractivity contribution in [3.8, 4) is 0 Å². The summed E-state index contributed by atoms with van der Waals surface area (Å²) in [5.41, 5.74) is 0. The number of fused-ring (bicyclic) bond motifs is 2. The van der Waals surface area contributed by atoms with E-state index in [0.29, 0.717) is 18.8 Å². The minimum Gasteiger partial charge on any atom is -0.747 e. The molecule has 0 spiro atoms. The van der Waals surface area contributed by atoms with Crippen LogP contribution in [0.25, 0.3) is 0 Å². The fraction of sp³-hybridized carbons (Fsp3) is 0.714. The lowest BCUT2D eigenvalue weighted by Gasteiger charge is -2.26. The highest BCUT2D eigenvalue weighted by atomic mass is 32.2. The molecule has 1 fully saturated rings. The fourth-order valence-electron chi connectivity index (χ4n) is 2.02. The minimum absolute atomic E-state index is 0.346. The second kappa shape index (κ2) is 1.87. The third-order valence-corrected chi connectivity index (χ3v) is 4.22. The van der Waals surface area contributed by atoms with E-state index in [9.17, 15) is 13.0 Å². The second-order valence-electron chi connectivity index (χ2n) is 3.38. The normalized spacial score (nSPS) is 41.7. The lowest BCUT2D eigenvalue weighted by Crippen LogP contribution is -2.31. The van der Waals surface area contributed by atoms with Gasteiger partial charge in [0.05, 0.1) is 4.75 Å². The van der Waals surface area contributed by atoms with Gasteiger partial charge < -0.3 is 4.55 Å². The number of rotatable bonds is 1. The summed E-state index contributed by atoms with van der Waals surface area (Å²) in [5.74, 6) is 0.346. The third kappa shape index (κ3) is 0.858. The predicted molar refractivity (Wildman–Crippen MR) is 38.9 cm³/mol. The zero-order valence-corrected chi connectivity index (χ0v) is 6.80. The van der Waals surface area contributed by atoms with Crippen molar-refractivity contribution in [1.29, 1.82) is 0 Å². The van der Waals surface area contributed by atoms with Gasteiger partial charge in [0.15, 0.2) is 0 Å². The Balaban J connectivity index is 2.46. The first-order valence-electron chi connectivity index (χ1n) is 3.68. The molecule has 2 aliphatic rings. The lowest BCUT2D eigenvalue weighted by atomic mass is 10.1. The first-order chi connectivity index (χ1) is 5.04. The standard InChI is InChI=1S/C7H10O3S/c8-11(9,10)7-3-1-6(5-7)2-4-7/h1,3,6H,2,4-5H2,(H,8,9,10)/p-1. The molecule has 0 aromatic carbocycles. The molecule has 1 saturated carbocycles. The van der Waals surface area contributed by atoms with Crippen LogP contribution in [0.2, 0.25) is 0 Å². The van der Waals surface area contributed by atoms with Gasteiger partial charge in [0.1, 0.15) is 10.1 Å². The molecule has 2 aliphatic carbocycles. The van der Waals surface area contributed by atoms with Gasteiger partial charge in [0.25, 0.3) is 0 Å². The van der Waals surface area contributed by atoms with Gasteiger partial charge in [-0.1, -0.05) is 12.2 Å². The van der Waals surface area contributed by atoms with E-state index in [4.69, 9.17) is 0 Å². The summed E-state index contributed by atoms with van der Waals surface area (Å²) in [7, 11) is -4.11. The second-order valence-corrected chi connectivity index (χ2v) is 5.10. The zero-order chi connectivity index (χ0) is 8.11. The highest BCUT2D eigenvalue weighted by Gasteiger charge is 2.45. The van der Waals surface area contributed by atoms with Crippen molar-refractivity contribution in [3.05, 3.63) is 12.2 Å². The number of hydrogen-bond acceptors (Lipinski definition) is 3. The average molecular weight is 173 g/mol. The van der Waals surface area contributed by atoms with Crippen molar-refractivity contribution in [2.24, 2.45) is 5.92 Å². The Kier molecular flexibility index (Phi) is 1.24. The molecule has 2 atom stereocenters. The maximum atomic E-state index is 10.8. The van der Waals surface area contributed by atoms with E-state index in [1.807, 2.05) is 6.08 Å². The van der Waals surface area contributed by atoms with Crippen molar-refractivity contribution >= 4 is 10.1 Å². The predicted octanol–water partition coefficient (Wildman–Crippen LogP) is 0.640. The first kappa shape index (κ1) is 7.31. The molecule has 0 saturated heterocycles. The molecule has 3 nitrogen and oxygen atoms in total. The van der Waals surface area contributed by atoms with E-state index >= 15 is 0 Å². The van der Waals surface area contributed by atoms with Crippen LogP contribution in [0.3, 0.4) is 0 Å². The molecule has 0 radical (unpaired) electrons. The van der Waals surface area contributed by atoms with E-state index in [1.54, 1.807) is 6.08 Å². The summed E-state index contributed by atoms with van der Waals surface area (Å²) in [6.45, 7) is 0. The van der Waals surface area contributed by atoms with E-state index in [0.717, 1.165) is 6.42 Å². The molecule has 4 heteroatoms. The van der Waals surface area contributed by atoms with Crippen LogP contribution in [0, 0.1) is 5.92 Å². The summed E-state index contributed by atoms with van der Waals surface area (Å²) in [6.07, 6.45) is 5.36. The maximum absolute atomic E-state index is 10.8. The van der Waals surface area contributed by atoms with Crippen LogP contribution in [0.1, 0.15) is 19.3 Å². The Labute approximate surface area is 65.9 Å². The van der Waals surface area contributed by atoms with Gasteiger partial charge in [-0.05, 0) is 25.2 Å². The smallest absolute Gasteiger partial charge is 0.104 e. The molecular formula is C7H9O3S-. The van der Waals surface area contributed by atoms with Crippen LogP contribution in [-0.2, 0) is 10.1 Å². The van der Waals surface area contributed by atoms with Crippen LogP contribution in [0.4, 0.5) is 0 Å². The van der Waals surface area contributed by atoms with Crippen molar-refractivity contribution < 1.29 is 13.0 Å². The van der Waals surface area contributed by atoms with Gasteiger partial charge in [-0.15, -0.1) is 0 Å². The number of allylic oxidation sites excluding steroid dienone is 1.